The first-order valence-corrected chi connectivity index (χ1v) is 3.58. The maximum absolute atomic E-state index is 5.51. The average Bonchev–Trinajstić information content (AvgIpc) is 1.61. The summed E-state index contributed by atoms with van der Waals surface area (Å²) in [7, 11) is 0. The lowest BCUT2D eigenvalue weighted by Gasteiger charge is -2.05. The number of rotatable bonds is 3. The predicted octanol–water partition coefficient (Wildman–Crippen LogP) is 1.43. The van der Waals surface area contributed by atoms with Crippen LogP contribution in [0.1, 0.15) is 26.7 Å². The summed E-state index contributed by atoms with van der Waals surface area (Å²) in [6.07, 6.45) is 2.21. The van der Waals surface area contributed by atoms with E-state index >= 15 is 0 Å². The molecule has 0 amide bonds. The Labute approximate surface area is 57.1 Å². The first kappa shape index (κ1) is 8.31. The number of thiol groups is 1. The molecule has 2 unspecified atom stereocenters. The highest BCUT2D eigenvalue weighted by atomic mass is 32.1. The van der Waals surface area contributed by atoms with Crippen LogP contribution in [0.15, 0.2) is 0 Å². The molecular formula is C6H15NS. The Bertz CT molecular complexity index is 44.5. The molecule has 0 aromatic carbocycles. The second-order valence-electron chi connectivity index (χ2n) is 2.40. The highest BCUT2D eigenvalue weighted by Crippen LogP contribution is 2.03. The molecule has 0 aliphatic carbocycles. The van der Waals surface area contributed by atoms with Crippen molar-refractivity contribution < 1.29 is 0 Å². The van der Waals surface area contributed by atoms with Gasteiger partial charge in [0.25, 0.3) is 0 Å². The number of nitrogens with two attached hydrogens (primary N) is 1. The molecule has 2 N–H and O–H groups in total. The van der Waals surface area contributed by atoms with Crippen molar-refractivity contribution in [3.05, 3.63) is 0 Å². The van der Waals surface area contributed by atoms with Gasteiger partial charge in [-0.25, -0.2) is 0 Å². The Balaban J connectivity index is 2.93. The van der Waals surface area contributed by atoms with Crippen LogP contribution in [0.25, 0.3) is 0 Å². The summed E-state index contributed by atoms with van der Waals surface area (Å²) in [5, 5.41) is 0.501. The highest BCUT2D eigenvalue weighted by Gasteiger charge is 1.96. The second kappa shape index (κ2) is 4.21. The van der Waals surface area contributed by atoms with Crippen LogP contribution in [0.3, 0.4) is 0 Å². The fourth-order valence-electron chi connectivity index (χ4n) is 0.504. The summed E-state index contributed by atoms with van der Waals surface area (Å²) >= 11 is 4.22. The van der Waals surface area contributed by atoms with Gasteiger partial charge in [-0.05, 0) is 25.0 Å². The molecule has 1 nitrogen and oxygen atoms in total. The molecule has 50 valence electrons. The van der Waals surface area contributed by atoms with E-state index < -0.39 is 0 Å². The molecule has 2 atom stereocenters. The molecule has 0 aromatic rings. The summed E-state index contributed by atoms with van der Waals surface area (Å²) < 4.78 is 0. The first-order chi connectivity index (χ1) is 3.63. The molecule has 2 heteroatoms. The van der Waals surface area contributed by atoms with Gasteiger partial charge < -0.3 is 5.73 Å². The topological polar surface area (TPSA) is 26.0 Å². The molecule has 0 bridgehead atoms. The van der Waals surface area contributed by atoms with Crippen molar-refractivity contribution in [2.24, 2.45) is 5.73 Å². The Kier molecular flexibility index (Phi) is 4.38. The molecule has 0 saturated heterocycles. The Morgan fingerprint density at radius 2 is 1.88 bits per heavy atom. The fraction of sp³-hybridized carbons (Fsp3) is 1.00. The molecule has 0 aliphatic heterocycles. The molecule has 0 rings (SSSR count). The summed E-state index contributed by atoms with van der Waals surface area (Å²) in [6, 6.07) is 0.338. The van der Waals surface area contributed by atoms with Gasteiger partial charge in [-0.3, -0.25) is 0 Å². The minimum absolute atomic E-state index is 0.338. The van der Waals surface area contributed by atoms with E-state index in [9.17, 15) is 0 Å². The lowest BCUT2D eigenvalue weighted by molar-refractivity contribution is 0.624. The normalized spacial score (nSPS) is 18.0. The van der Waals surface area contributed by atoms with Crippen LogP contribution in [-0.4, -0.2) is 11.3 Å². The number of hydrogen-bond acceptors (Lipinski definition) is 2. The molecule has 0 heterocycles. The van der Waals surface area contributed by atoms with Crippen molar-refractivity contribution in [1.29, 1.82) is 0 Å². The van der Waals surface area contributed by atoms with Gasteiger partial charge in [-0.15, -0.1) is 0 Å². The molecule has 8 heavy (non-hydrogen) atoms. The standard InChI is InChI=1S/C6H15NS/c1-5(7)3-4-6(2)8/h5-6,8H,3-4,7H2,1-2H3. The van der Waals surface area contributed by atoms with Crippen molar-refractivity contribution >= 4 is 12.6 Å². The summed E-state index contributed by atoms with van der Waals surface area (Å²) in [5.74, 6) is 0. The average molecular weight is 133 g/mol. The van der Waals surface area contributed by atoms with Crippen LogP contribution in [0.2, 0.25) is 0 Å². The van der Waals surface area contributed by atoms with Crippen LogP contribution in [0.5, 0.6) is 0 Å². The third-order valence-corrected chi connectivity index (χ3v) is 1.30. The zero-order valence-corrected chi connectivity index (χ0v) is 6.49. The van der Waals surface area contributed by atoms with E-state index in [2.05, 4.69) is 19.6 Å². The van der Waals surface area contributed by atoms with Crippen LogP contribution in [0.4, 0.5) is 0 Å². The maximum atomic E-state index is 5.51. The molecular weight excluding hydrogens is 118 g/mol. The van der Waals surface area contributed by atoms with Crippen molar-refractivity contribution in [3.63, 3.8) is 0 Å². The van der Waals surface area contributed by atoms with E-state index in [0.717, 1.165) is 12.8 Å². The van der Waals surface area contributed by atoms with E-state index in [0.29, 0.717) is 11.3 Å². The van der Waals surface area contributed by atoms with Crippen molar-refractivity contribution in [1.82, 2.24) is 0 Å². The Hall–Kier alpha value is 0.310. The van der Waals surface area contributed by atoms with E-state index in [1.807, 2.05) is 6.92 Å². The van der Waals surface area contributed by atoms with Crippen LogP contribution < -0.4 is 5.73 Å². The molecule has 0 aliphatic rings. The summed E-state index contributed by atoms with van der Waals surface area (Å²) in [4.78, 5) is 0. The summed E-state index contributed by atoms with van der Waals surface area (Å²) in [6.45, 7) is 4.11. The van der Waals surface area contributed by atoms with Crippen LogP contribution in [-0.2, 0) is 0 Å². The lowest BCUT2D eigenvalue weighted by Crippen LogP contribution is -2.15. The van der Waals surface area contributed by atoms with Gasteiger partial charge in [0.1, 0.15) is 0 Å². The Morgan fingerprint density at radius 3 is 2.00 bits per heavy atom. The molecule has 0 aromatic heterocycles. The van der Waals surface area contributed by atoms with Gasteiger partial charge >= 0.3 is 0 Å². The van der Waals surface area contributed by atoms with Crippen molar-refractivity contribution in [3.8, 4) is 0 Å². The van der Waals surface area contributed by atoms with Gasteiger partial charge in [0, 0.05) is 6.04 Å². The highest BCUT2D eigenvalue weighted by molar-refractivity contribution is 7.80. The van der Waals surface area contributed by atoms with Gasteiger partial charge in [0.05, 0.1) is 0 Å². The van der Waals surface area contributed by atoms with E-state index in [1.54, 1.807) is 0 Å². The maximum Gasteiger partial charge on any atom is 0.00108 e. The van der Waals surface area contributed by atoms with Crippen LogP contribution >= 0.6 is 12.6 Å². The van der Waals surface area contributed by atoms with Gasteiger partial charge in [-0.1, -0.05) is 6.92 Å². The predicted molar refractivity (Wildman–Crippen MR) is 41.3 cm³/mol. The number of hydrogen-bond donors (Lipinski definition) is 2. The fourth-order valence-corrected chi connectivity index (χ4v) is 0.653. The quantitative estimate of drug-likeness (QED) is 0.560. The second-order valence-corrected chi connectivity index (χ2v) is 3.29. The minimum atomic E-state index is 0.338. The van der Waals surface area contributed by atoms with E-state index in [1.165, 1.54) is 0 Å². The van der Waals surface area contributed by atoms with Crippen molar-refractivity contribution in [2.75, 3.05) is 0 Å². The molecule has 0 spiro atoms. The molecule has 0 fully saturated rings. The molecule has 0 radical (unpaired) electrons. The smallest absolute Gasteiger partial charge is 0.00108 e. The monoisotopic (exact) mass is 133 g/mol. The third kappa shape index (κ3) is 6.31. The minimum Gasteiger partial charge on any atom is -0.328 e. The first-order valence-electron chi connectivity index (χ1n) is 3.06. The zero-order chi connectivity index (χ0) is 6.57. The van der Waals surface area contributed by atoms with Crippen molar-refractivity contribution in [2.45, 2.75) is 38.0 Å². The summed E-state index contributed by atoms with van der Waals surface area (Å²) in [5.41, 5.74) is 5.51. The molecule has 0 saturated carbocycles. The van der Waals surface area contributed by atoms with Gasteiger partial charge in [-0.2, -0.15) is 12.6 Å². The van der Waals surface area contributed by atoms with Gasteiger partial charge in [0.2, 0.25) is 0 Å². The van der Waals surface area contributed by atoms with Crippen LogP contribution in [0, 0.1) is 0 Å². The SMILES string of the molecule is CC(N)CCC(C)S. The lowest BCUT2D eigenvalue weighted by atomic mass is 10.1. The Morgan fingerprint density at radius 1 is 1.38 bits per heavy atom. The van der Waals surface area contributed by atoms with E-state index in [-0.39, 0.29) is 0 Å². The zero-order valence-electron chi connectivity index (χ0n) is 5.59. The largest absolute Gasteiger partial charge is 0.328 e. The van der Waals surface area contributed by atoms with E-state index in [4.69, 9.17) is 5.73 Å². The van der Waals surface area contributed by atoms with Gasteiger partial charge in [0.15, 0.2) is 0 Å². The third-order valence-electron chi connectivity index (χ3n) is 1.04.